The molecular formula is C13H16N2. The van der Waals surface area contributed by atoms with Crippen LogP contribution in [0.1, 0.15) is 35.6 Å². The van der Waals surface area contributed by atoms with Crippen LogP contribution in [0.4, 0.5) is 0 Å². The minimum Gasteiger partial charge on any atom is -0.323 e. The minimum atomic E-state index is -0.276. The summed E-state index contributed by atoms with van der Waals surface area (Å²) in [7, 11) is 0. The van der Waals surface area contributed by atoms with Gasteiger partial charge in [0.15, 0.2) is 0 Å². The Morgan fingerprint density at radius 1 is 1.33 bits per heavy atom. The molecule has 0 saturated heterocycles. The molecule has 2 N–H and O–H groups in total. The highest BCUT2D eigenvalue weighted by atomic mass is 14.7. The van der Waals surface area contributed by atoms with Gasteiger partial charge in [-0.2, -0.15) is 5.26 Å². The number of benzene rings is 1. The van der Waals surface area contributed by atoms with Crippen LogP contribution in [-0.2, 0) is 0 Å². The first-order chi connectivity index (χ1) is 7.09. The molecule has 2 nitrogen and oxygen atoms in total. The molecule has 2 heteroatoms. The summed E-state index contributed by atoms with van der Waals surface area (Å²) < 4.78 is 0. The lowest BCUT2D eigenvalue weighted by atomic mass is 9.90. The summed E-state index contributed by atoms with van der Waals surface area (Å²) in [4.78, 5) is 0. The zero-order valence-electron chi connectivity index (χ0n) is 9.25. The van der Waals surface area contributed by atoms with Crippen LogP contribution in [0.15, 0.2) is 18.2 Å². The molecule has 2 rings (SSSR count). The third kappa shape index (κ3) is 1.64. The summed E-state index contributed by atoms with van der Waals surface area (Å²) in [5.74, 6) is 0. The van der Waals surface area contributed by atoms with Gasteiger partial charge in [-0.15, -0.1) is 0 Å². The maximum absolute atomic E-state index is 9.08. The van der Waals surface area contributed by atoms with Gasteiger partial charge in [-0.05, 0) is 43.4 Å². The lowest BCUT2D eigenvalue weighted by Gasteiger charge is -2.17. The third-order valence-electron chi connectivity index (χ3n) is 3.50. The molecule has 0 radical (unpaired) electrons. The largest absolute Gasteiger partial charge is 0.323 e. The van der Waals surface area contributed by atoms with E-state index in [1.54, 1.807) is 0 Å². The molecule has 1 fully saturated rings. The van der Waals surface area contributed by atoms with Crippen molar-refractivity contribution in [1.29, 1.82) is 5.26 Å². The summed E-state index contributed by atoms with van der Waals surface area (Å²) in [6.45, 7) is 4.17. The molecule has 1 atom stereocenters. The number of hydrogen-bond acceptors (Lipinski definition) is 2. The van der Waals surface area contributed by atoms with E-state index in [4.69, 9.17) is 11.0 Å². The van der Waals surface area contributed by atoms with E-state index in [-0.39, 0.29) is 11.5 Å². The van der Waals surface area contributed by atoms with Gasteiger partial charge in [0.25, 0.3) is 0 Å². The monoisotopic (exact) mass is 200 g/mol. The van der Waals surface area contributed by atoms with Gasteiger partial charge >= 0.3 is 0 Å². The first-order valence-corrected chi connectivity index (χ1v) is 5.33. The smallest absolute Gasteiger partial charge is 0.0767 e. The molecule has 0 bridgehead atoms. The molecule has 1 saturated carbocycles. The molecule has 0 aliphatic heterocycles. The van der Waals surface area contributed by atoms with Crippen molar-refractivity contribution in [1.82, 2.24) is 0 Å². The van der Waals surface area contributed by atoms with E-state index < -0.39 is 0 Å². The number of nitrogens with two attached hydrogens (primary N) is 1. The maximum Gasteiger partial charge on any atom is 0.0767 e. The molecule has 78 valence electrons. The zero-order valence-corrected chi connectivity index (χ0v) is 9.25. The average molecular weight is 200 g/mol. The number of nitriles is 1. The van der Waals surface area contributed by atoms with Crippen molar-refractivity contribution in [2.45, 2.75) is 32.7 Å². The lowest BCUT2D eigenvalue weighted by molar-refractivity contribution is 0.519. The second kappa shape index (κ2) is 3.36. The molecule has 15 heavy (non-hydrogen) atoms. The van der Waals surface area contributed by atoms with Gasteiger partial charge in [-0.3, -0.25) is 0 Å². The maximum atomic E-state index is 9.08. The van der Waals surface area contributed by atoms with Gasteiger partial charge in [0.1, 0.15) is 0 Å². The van der Waals surface area contributed by atoms with Crippen LogP contribution >= 0.6 is 0 Å². The van der Waals surface area contributed by atoms with Gasteiger partial charge in [-0.1, -0.05) is 18.2 Å². The fourth-order valence-corrected chi connectivity index (χ4v) is 1.90. The third-order valence-corrected chi connectivity index (χ3v) is 3.50. The van der Waals surface area contributed by atoms with Gasteiger partial charge in [-0.25, -0.2) is 0 Å². The van der Waals surface area contributed by atoms with Gasteiger partial charge in [0.2, 0.25) is 0 Å². The van der Waals surface area contributed by atoms with Gasteiger partial charge in [0.05, 0.1) is 11.5 Å². The average Bonchev–Trinajstić information content (AvgIpc) is 3.02. The summed E-state index contributed by atoms with van der Waals surface area (Å²) >= 11 is 0. The Balaban J connectivity index is 2.31. The van der Waals surface area contributed by atoms with Crippen LogP contribution in [0.25, 0.3) is 0 Å². The summed E-state index contributed by atoms with van der Waals surface area (Å²) in [5, 5.41) is 9.08. The Kier molecular flexibility index (Phi) is 2.28. The Hall–Kier alpha value is -1.33. The van der Waals surface area contributed by atoms with Crippen molar-refractivity contribution in [2.24, 2.45) is 11.1 Å². The van der Waals surface area contributed by atoms with E-state index in [0.29, 0.717) is 0 Å². The second-order valence-corrected chi connectivity index (χ2v) is 4.59. The normalized spacial score (nSPS) is 19.3. The highest BCUT2D eigenvalue weighted by Crippen LogP contribution is 2.53. The van der Waals surface area contributed by atoms with E-state index in [1.165, 1.54) is 11.1 Å². The standard InChI is InChI=1S/C13H16N2/c1-9-3-4-11(7-10(9)2)12(15)13(8-14)5-6-13/h3-4,7,12H,5-6,15H2,1-2H3. The highest BCUT2D eigenvalue weighted by molar-refractivity contribution is 5.35. The molecule has 0 heterocycles. The zero-order chi connectivity index (χ0) is 11.1. The molecule has 0 aromatic heterocycles. The molecule has 1 aromatic rings. The van der Waals surface area contributed by atoms with E-state index in [1.807, 2.05) is 6.07 Å². The first-order valence-electron chi connectivity index (χ1n) is 5.33. The Labute approximate surface area is 90.7 Å². The van der Waals surface area contributed by atoms with Crippen molar-refractivity contribution >= 4 is 0 Å². The number of aryl methyl sites for hydroxylation is 2. The van der Waals surface area contributed by atoms with Crippen LogP contribution in [0.5, 0.6) is 0 Å². The molecule has 1 aromatic carbocycles. The Morgan fingerprint density at radius 3 is 2.47 bits per heavy atom. The predicted octanol–water partition coefficient (Wildman–Crippen LogP) is 2.61. The van der Waals surface area contributed by atoms with E-state index in [0.717, 1.165) is 18.4 Å². The first kappa shape index (κ1) is 10.2. The highest BCUT2D eigenvalue weighted by Gasteiger charge is 2.49. The quantitative estimate of drug-likeness (QED) is 0.797. The van der Waals surface area contributed by atoms with Crippen molar-refractivity contribution < 1.29 is 0 Å². The van der Waals surface area contributed by atoms with Crippen molar-refractivity contribution in [3.63, 3.8) is 0 Å². The molecular weight excluding hydrogens is 184 g/mol. The fraction of sp³-hybridized carbons (Fsp3) is 0.462. The van der Waals surface area contributed by atoms with Crippen LogP contribution in [-0.4, -0.2) is 0 Å². The Morgan fingerprint density at radius 2 is 2.00 bits per heavy atom. The topological polar surface area (TPSA) is 49.8 Å². The van der Waals surface area contributed by atoms with Crippen LogP contribution in [0, 0.1) is 30.6 Å². The fourth-order valence-electron chi connectivity index (χ4n) is 1.90. The summed E-state index contributed by atoms with van der Waals surface area (Å²) in [6.07, 6.45) is 1.88. The van der Waals surface area contributed by atoms with Crippen LogP contribution < -0.4 is 5.73 Å². The Bertz CT molecular complexity index is 425. The van der Waals surface area contributed by atoms with Gasteiger partial charge in [0, 0.05) is 6.04 Å². The molecule has 1 aliphatic rings. The lowest BCUT2D eigenvalue weighted by Crippen LogP contribution is -2.21. The van der Waals surface area contributed by atoms with E-state index in [2.05, 4.69) is 32.0 Å². The van der Waals surface area contributed by atoms with Crippen LogP contribution in [0.2, 0.25) is 0 Å². The summed E-state index contributed by atoms with van der Waals surface area (Å²) in [5.41, 5.74) is 9.48. The van der Waals surface area contributed by atoms with E-state index in [9.17, 15) is 0 Å². The number of rotatable bonds is 2. The van der Waals surface area contributed by atoms with Crippen LogP contribution in [0.3, 0.4) is 0 Å². The van der Waals surface area contributed by atoms with Gasteiger partial charge < -0.3 is 5.73 Å². The van der Waals surface area contributed by atoms with Crippen molar-refractivity contribution in [3.05, 3.63) is 34.9 Å². The SMILES string of the molecule is Cc1ccc(C(N)C2(C#N)CC2)cc1C. The van der Waals surface area contributed by atoms with Crippen molar-refractivity contribution in [3.8, 4) is 6.07 Å². The number of hydrogen-bond donors (Lipinski definition) is 1. The molecule has 0 spiro atoms. The second-order valence-electron chi connectivity index (χ2n) is 4.59. The predicted molar refractivity (Wildman–Crippen MR) is 60.1 cm³/mol. The number of nitrogens with zero attached hydrogens (tertiary/aromatic N) is 1. The van der Waals surface area contributed by atoms with Crippen molar-refractivity contribution in [2.75, 3.05) is 0 Å². The summed E-state index contributed by atoms with van der Waals surface area (Å²) in [6, 6.07) is 8.47. The molecule has 0 amide bonds. The molecule has 1 unspecified atom stereocenters. The molecule has 1 aliphatic carbocycles. The van der Waals surface area contributed by atoms with E-state index >= 15 is 0 Å². The minimum absolute atomic E-state index is 0.123.